The minimum absolute atomic E-state index is 0.587. The highest BCUT2D eigenvalue weighted by atomic mass is 16.3. The van der Waals surface area contributed by atoms with Gasteiger partial charge >= 0.3 is 0 Å². The number of hydrogen-bond acceptors (Lipinski definition) is 3. The molecule has 0 spiro atoms. The van der Waals surface area contributed by atoms with E-state index in [0.29, 0.717) is 12.1 Å². The van der Waals surface area contributed by atoms with Crippen molar-refractivity contribution >= 4 is 11.5 Å². The molecule has 0 aliphatic rings. The number of rotatable bonds is 3. The zero-order chi connectivity index (χ0) is 10.7. The highest BCUT2D eigenvalue weighted by molar-refractivity contribution is 5.89. The zero-order valence-electron chi connectivity index (χ0n) is 9.05. The summed E-state index contributed by atoms with van der Waals surface area (Å²) in [5.74, 6) is 3.57. The van der Waals surface area contributed by atoms with Crippen molar-refractivity contribution in [3.63, 3.8) is 0 Å². The summed E-state index contributed by atoms with van der Waals surface area (Å²) in [6, 6.07) is 1.87. The predicted molar refractivity (Wildman–Crippen MR) is 55.8 cm³/mol. The summed E-state index contributed by atoms with van der Waals surface area (Å²) in [6.45, 7) is 4.31. The van der Waals surface area contributed by atoms with Crippen LogP contribution in [0.4, 0.5) is 0 Å². The lowest BCUT2D eigenvalue weighted by Gasteiger charge is -2.09. The average molecular weight is 193 g/mol. The largest absolute Gasteiger partial charge is 0.466 e. The Morgan fingerprint density at radius 3 is 2.50 bits per heavy atom. The molecule has 0 saturated carbocycles. The van der Waals surface area contributed by atoms with Gasteiger partial charge in [-0.25, -0.2) is 4.79 Å². The number of furan rings is 1. The third-order valence-electron chi connectivity index (χ3n) is 1.96. The van der Waals surface area contributed by atoms with Crippen molar-refractivity contribution in [1.29, 1.82) is 0 Å². The average Bonchev–Trinajstić information content (AvgIpc) is 2.41. The van der Waals surface area contributed by atoms with Crippen molar-refractivity contribution in [2.24, 2.45) is 0 Å². The summed E-state index contributed by atoms with van der Waals surface area (Å²) in [5.41, 5.74) is 1.51. The van der Waals surface area contributed by atoms with E-state index in [1.165, 1.54) is 0 Å². The molecule has 0 fully saturated rings. The van der Waals surface area contributed by atoms with Gasteiger partial charge in [-0.2, -0.15) is 0 Å². The first kappa shape index (κ1) is 10.8. The van der Waals surface area contributed by atoms with Crippen LogP contribution in [0.1, 0.15) is 17.1 Å². The Bertz CT molecular complexity index is 371. The maximum atomic E-state index is 10.8. The van der Waals surface area contributed by atoms with Gasteiger partial charge in [0.2, 0.25) is 0 Å². The Hall–Kier alpha value is -1.31. The Balaban J connectivity index is 3.02. The van der Waals surface area contributed by atoms with Crippen molar-refractivity contribution < 1.29 is 9.21 Å². The van der Waals surface area contributed by atoms with Gasteiger partial charge in [0, 0.05) is 12.1 Å². The fourth-order valence-electron chi connectivity index (χ4n) is 1.42. The van der Waals surface area contributed by atoms with E-state index in [9.17, 15) is 4.79 Å². The third kappa shape index (κ3) is 2.34. The molecule has 1 heterocycles. The molecule has 76 valence electrons. The van der Waals surface area contributed by atoms with Crippen LogP contribution in [0.25, 0.3) is 5.57 Å². The van der Waals surface area contributed by atoms with Gasteiger partial charge in [-0.1, -0.05) is 0 Å². The summed E-state index contributed by atoms with van der Waals surface area (Å²) >= 11 is 0. The second kappa shape index (κ2) is 4.27. The first-order valence-electron chi connectivity index (χ1n) is 4.50. The van der Waals surface area contributed by atoms with E-state index in [0.717, 1.165) is 17.1 Å². The highest BCUT2D eigenvalue weighted by Gasteiger charge is 2.11. The fourth-order valence-corrected chi connectivity index (χ4v) is 1.42. The molecule has 14 heavy (non-hydrogen) atoms. The molecule has 1 aromatic heterocycles. The van der Waals surface area contributed by atoms with Crippen molar-refractivity contribution in [1.82, 2.24) is 4.90 Å². The first-order chi connectivity index (χ1) is 6.54. The minimum atomic E-state index is 0.587. The number of nitrogens with zero attached hydrogens (tertiary/aromatic N) is 1. The molecule has 0 aromatic carbocycles. The SMILES string of the molecule is Cc1cc(C(=C=O)CN(C)C)c(C)o1. The molecule has 0 unspecified atom stereocenters. The van der Waals surface area contributed by atoms with Gasteiger partial charge in [0.1, 0.15) is 17.5 Å². The lowest BCUT2D eigenvalue weighted by Crippen LogP contribution is -2.14. The van der Waals surface area contributed by atoms with Crippen LogP contribution in [0.2, 0.25) is 0 Å². The number of aryl methyl sites for hydroxylation is 2. The van der Waals surface area contributed by atoms with E-state index < -0.39 is 0 Å². The lowest BCUT2D eigenvalue weighted by molar-refractivity contribution is 0.461. The summed E-state index contributed by atoms with van der Waals surface area (Å²) in [7, 11) is 3.83. The molecule has 0 amide bonds. The molecule has 1 aromatic rings. The second-order valence-electron chi connectivity index (χ2n) is 3.65. The maximum Gasteiger partial charge on any atom is 0.130 e. The van der Waals surface area contributed by atoms with Gasteiger partial charge < -0.3 is 9.32 Å². The molecule has 0 aliphatic heterocycles. The summed E-state index contributed by atoms with van der Waals surface area (Å²) in [4.78, 5) is 12.7. The van der Waals surface area contributed by atoms with Crippen molar-refractivity contribution in [3.8, 4) is 0 Å². The van der Waals surface area contributed by atoms with E-state index in [2.05, 4.69) is 0 Å². The molecule has 0 saturated heterocycles. The van der Waals surface area contributed by atoms with E-state index in [1.807, 2.05) is 44.9 Å². The standard InChI is InChI=1S/C11H15NO2/c1-8-5-11(9(2)14-8)10(7-13)6-12(3)4/h5H,6H2,1-4H3. The van der Waals surface area contributed by atoms with Crippen molar-refractivity contribution in [3.05, 3.63) is 23.2 Å². The van der Waals surface area contributed by atoms with E-state index in [-0.39, 0.29) is 0 Å². The molecule has 1 rings (SSSR count). The maximum absolute atomic E-state index is 10.8. The normalized spacial score (nSPS) is 10.4. The van der Waals surface area contributed by atoms with Crippen molar-refractivity contribution in [2.75, 3.05) is 20.6 Å². The van der Waals surface area contributed by atoms with Crippen LogP contribution in [-0.2, 0) is 4.79 Å². The Morgan fingerprint density at radius 1 is 1.50 bits per heavy atom. The minimum Gasteiger partial charge on any atom is -0.466 e. The van der Waals surface area contributed by atoms with E-state index >= 15 is 0 Å². The van der Waals surface area contributed by atoms with Crippen LogP contribution < -0.4 is 0 Å². The molecular weight excluding hydrogens is 178 g/mol. The number of hydrogen-bond donors (Lipinski definition) is 0. The summed E-state index contributed by atoms with van der Waals surface area (Å²) in [5, 5.41) is 0. The lowest BCUT2D eigenvalue weighted by atomic mass is 10.1. The Morgan fingerprint density at radius 2 is 2.14 bits per heavy atom. The van der Waals surface area contributed by atoms with Gasteiger partial charge in [-0.3, -0.25) is 0 Å². The van der Waals surface area contributed by atoms with Gasteiger partial charge in [0.25, 0.3) is 0 Å². The Labute approximate surface area is 84.0 Å². The summed E-state index contributed by atoms with van der Waals surface area (Å²) in [6.07, 6.45) is 0. The van der Waals surface area contributed by atoms with Gasteiger partial charge in [0.05, 0.1) is 5.57 Å². The smallest absolute Gasteiger partial charge is 0.130 e. The molecule has 3 nitrogen and oxygen atoms in total. The van der Waals surface area contributed by atoms with Crippen LogP contribution in [-0.4, -0.2) is 31.5 Å². The van der Waals surface area contributed by atoms with Crippen LogP contribution in [0, 0.1) is 13.8 Å². The zero-order valence-corrected chi connectivity index (χ0v) is 9.05. The molecule has 0 radical (unpaired) electrons. The highest BCUT2D eigenvalue weighted by Crippen LogP contribution is 2.20. The molecule has 0 bridgehead atoms. The van der Waals surface area contributed by atoms with E-state index in [4.69, 9.17) is 4.42 Å². The van der Waals surface area contributed by atoms with Gasteiger partial charge in [-0.05, 0) is 34.0 Å². The van der Waals surface area contributed by atoms with Crippen molar-refractivity contribution in [2.45, 2.75) is 13.8 Å². The monoisotopic (exact) mass is 193 g/mol. The third-order valence-corrected chi connectivity index (χ3v) is 1.96. The molecule has 0 atom stereocenters. The number of carbonyl (C=O) groups excluding carboxylic acids is 1. The van der Waals surface area contributed by atoms with Gasteiger partial charge in [0.15, 0.2) is 0 Å². The quantitative estimate of drug-likeness (QED) is 0.685. The topological polar surface area (TPSA) is 33.5 Å². The van der Waals surface area contributed by atoms with Gasteiger partial charge in [-0.15, -0.1) is 0 Å². The number of likely N-dealkylation sites (N-methyl/N-ethyl adjacent to an activating group) is 1. The van der Waals surface area contributed by atoms with Crippen LogP contribution >= 0.6 is 0 Å². The summed E-state index contributed by atoms with van der Waals surface area (Å²) < 4.78 is 5.36. The van der Waals surface area contributed by atoms with Crippen LogP contribution in [0.15, 0.2) is 10.5 Å². The van der Waals surface area contributed by atoms with Crippen LogP contribution in [0.5, 0.6) is 0 Å². The van der Waals surface area contributed by atoms with Crippen LogP contribution in [0.3, 0.4) is 0 Å². The molecule has 0 N–H and O–H groups in total. The molecule has 0 aliphatic carbocycles. The Kier molecular flexibility index (Phi) is 3.28. The second-order valence-corrected chi connectivity index (χ2v) is 3.65. The molecule has 3 heteroatoms. The predicted octanol–water partition coefficient (Wildman–Crippen LogP) is 1.67. The first-order valence-corrected chi connectivity index (χ1v) is 4.50. The fraction of sp³-hybridized carbons (Fsp3) is 0.455. The molecular formula is C11H15NO2. The van der Waals surface area contributed by atoms with E-state index in [1.54, 1.807) is 0 Å².